The molecule has 1 rings (SSSR count). The number of benzene rings is 1. The summed E-state index contributed by atoms with van der Waals surface area (Å²) in [7, 11) is 0. The topological polar surface area (TPSA) is 41.5 Å². The van der Waals surface area contributed by atoms with Crippen molar-refractivity contribution in [2.75, 3.05) is 0 Å². The second-order valence-corrected chi connectivity index (χ2v) is 5.22. The molecule has 1 aromatic carbocycles. The van der Waals surface area contributed by atoms with Crippen molar-refractivity contribution in [3.63, 3.8) is 0 Å². The van der Waals surface area contributed by atoms with Crippen LogP contribution in [0.4, 0.5) is 0 Å². The Morgan fingerprint density at radius 1 is 1.10 bits per heavy atom. The fourth-order valence-corrected chi connectivity index (χ4v) is 1.95. The summed E-state index contributed by atoms with van der Waals surface area (Å²) < 4.78 is 0. The first-order valence-corrected chi connectivity index (χ1v) is 7.61. The van der Waals surface area contributed by atoms with Crippen molar-refractivity contribution in [3.05, 3.63) is 35.4 Å². The van der Waals surface area contributed by atoms with Crippen LogP contribution in [0.5, 0.6) is 0 Å². The van der Waals surface area contributed by atoms with Gasteiger partial charge in [0.15, 0.2) is 0 Å². The van der Waals surface area contributed by atoms with Crippen molar-refractivity contribution in [1.82, 2.24) is 5.43 Å². The summed E-state index contributed by atoms with van der Waals surface area (Å²) in [5.41, 5.74) is 4.79. The maximum Gasteiger partial charge on any atom is 0.240 e. The molecule has 0 saturated heterocycles. The number of hydrogen-bond acceptors (Lipinski definition) is 2. The van der Waals surface area contributed by atoms with Crippen LogP contribution in [0.15, 0.2) is 29.4 Å². The van der Waals surface area contributed by atoms with E-state index in [1.807, 2.05) is 31.2 Å². The van der Waals surface area contributed by atoms with E-state index in [9.17, 15) is 4.79 Å². The summed E-state index contributed by atoms with van der Waals surface area (Å²) in [5.74, 6) is 0.00357. The lowest BCUT2D eigenvalue weighted by molar-refractivity contribution is -0.121. The van der Waals surface area contributed by atoms with Crippen LogP contribution in [0.1, 0.15) is 63.0 Å². The van der Waals surface area contributed by atoms with E-state index < -0.39 is 0 Å². The predicted molar refractivity (Wildman–Crippen MR) is 84.9 cm³/mol. The summed E-state index contributed by atoms with van der Waals surface area (Å²) in [6, 6.07) is 8.02. The van der Waals surface area contributed by atoms with Crippen LogP contribution in [0, 0.1) is 6.92 Å². The third-order valence-corrected chi connectivity index (χ3v) is 3.24. The molecule has 0 saturated carbocycles. The van der Waals surface area contributed by atoms with E-state index in [2.05, 4.69) is 17.5 Å². The van der Waals surface area contributed by atoms with Gasteiger partial charge in [-0.25, -0.2) is 5.43 Å². The number of carbonyl (C=O) groups excluding carboxylic acids is 1. The van der Waals surface area contributed by atoms with E-state index in [-0.39, 0.29) is 5.91 Å². The second kappa shape index (κ2) is 10.2. The highest BCUT2D eigenvalue weighted by atomic mass is 16.2. The average molecular weight is 274 g/mol. The van der Waals surface area contributed by atoms with E-state index in [0.29, 0.717) is 6.42 Å². The maximum atomic E-state index is 11.6. The fraction of sp³-hybridized carbons (Fsp3) is 0.529. The van der Waals surface area contributed by atoms with Crippen LogP contribution < -0.4 is 5.43 Å². The van der Waals surface area contributed by atoms with Crippen LogP contribution in [-0.4, -0.2) is 12.1 Å². The van der Waals surface area contributed by atoms with Gasteiger partial charge in [-0.1, -0.05) is 68.9 Å². The Morgan fingerprint density at radius 3 is 2.45 bits per heavy atom. The van der Waals surface area contributed by atoms with Crippen molar-refractivity contribution in [2.45, 2.75) is 58.8 Å². The molecule has 110 valence electrons. The number of carbonyl (C=O) groups is 1. The smallest absolute Gasteiger partial charge is 0.240 e. The molecule has 0 bridgehead atoms. The van der Waals surface area contributed by atoms with E-state index in [4.69, 9.17) is 0 Å². The van der Waals surface area contributed by atoms with Crippen molar-refractivity contribution >= 4 is 12.1 Å². The zero-order chi connectivity index (χ0) is 14.6. The molecule has 1 aromatic rings. The number of nitrogens with one attached hydrogen (secondary N) is 1. The molecule has 0 radical (unpaired) electrons. The van der Waals surface area contributed by atoms with Crippen LogP contribution in [0.25, 0.3) is 0 Å². The predicted octanol–water partition coefficient (Wildman–Crippen LogP) is 4.20. The molecule has 0 atom stereocenters. The van der Waals surface area contributed by atoms with Crippen molar-refractivity contribution < 1.29 is 4.79 Å². The number of amides is 1. The zero-order valence-electron chi connectivity index (χ0n) is 12.7. The highest BCUT2D eigenvalue weighted by molar-refractivity contribution is 5.82. The molecule has 0 spiro atoms. The second-order valence-electron chi connectivity index (χ2n) is 5.22. The fourth-order valence-electron chi connectivity index (χ4n) is 1.95. The largest absolute Gasteiger partial charge is 0.273 e. The minimum atomic E-state index is 0.00357. The average Bonchev–Trinajstić information content (AvgIpc) is 2.45. The first kappa shape index (κ1) is 16.4. The number of nitrogens with zero attached hydrogens (tertiary/aromatic N) is 1. The number of rotatable bonds is 9. The van der Waals surface area contributed by atoms with Gasteiger partial charge < -0.3 is 0 Å². The van der Waals surface area contributed by atoms with Crippen LogP contribution in [0.2, 0.25) is 0 Å². The van der Waals surface area contributed by atoms with Gasteiger partial charge in [0.05, 0.1) is 6.21 Å². The van der Waals surface area contributed by atoms with Gasteiger partial charge >= 0.3 is 0 Å². The Morgan fingerprint density at radius 2 is 1.75 bits per heavy atom. The Kier molecular flexibility index (Phi) is 8.36. The Labute approximate surface area is 122 Å². The highest BCUT2D eigenvalue weighted by Crippen LogP contribution is 2.06. The number of hydrazone groups is 1. The number of unbranched alkanes of at least 4 members (excludes halogenated alkanes) is 5. The van der Waals surface area contributed by atoms with E-state index in [1.165, 1.54) is 31.2 Å². The molecule has 0 aliphatic carbocycles. The van der Waals surface area contributed by atoms with Gasteiger partial charge in [-0.15, -0.1) is 0 Å². The van der Waals surface area contributed by atoms with E-state index in [1.54, 1.807) is 6.21 Å². The molecular formula is C17H26N2O. The summed E-state index contributed by atoms with van der Waals surface area (Å²) in [6.07, 6.45) is 9.40. The molecule has 0 aromatic heterocycles. The first-order chi connectivity index (χ1) is 9.72. The van der Waals surface area contributed by atoms with Gasteiger partial charge in [0.2, 0.25) is 5.91 Å². The van der Waals surface area contributed by atoms with Crippen molar-refractivity contribution in [1.29, 1.82) is 0 Å². The minimum absolute atomic E-state index is 0.00357. The summed E-state index contributed by atoms with van der Waals surface area (Å²) in [6.45, 7) is 4.25. The molecule has 1 N–H and O–H groups in total. The molecule has 0 fully saturated rings. The van der Waals surface area contributed by atoms with Gasteiger partial charge in [0.1, 0.15) is 0 Å². The first-order valence-electron chi connectivity index (χ1n) is 7.61. The quantitative estimate of drug-likeness (QED) is 0.409. The van der Waals surface area contributed by atoms with E-state index >= 15 is 0 Å². The molecule has 3 heteroatoms. The molecule has 3 nitrogen and oxygen atoms in total. The lowest BCUT2D eigenvalue weighted by Crippen LogP contribution is -2.16. The van der Waals surface area contributed by atoms with Crippen LogP contribution in [0.3, 0.4) is 0 Å². The molecular weight excluding hydrogens is 248 g/mol. The summed E-state index contributed by atoms with van der Waals surface area (Å²) >= 11 is 0. The van der Waals surface area contributed by atoms with Gasteiger partial charge in [-0.3, -0.25) is 4.79 Å². The van der Waals surface area contributed by atoms with Crippen LogP contribution >= 0.6 is 0 Å². The zero-order valence-corrected chi connectivity index (χ0v) is 12.7. The number of aryl methyl sites for hydroxylation is 1. The van der Waals surface area contributed by atoms with E-state index in [0.717, 1.165) is 18.4 Å². The SMILES string of the molecule is CCCCCCCCC(=O)NN=Cc1ccc(C)cc1. The molecule has 0 unspecified atom stereocenters. The maximum absolute atomic E-state index is 11.6. The highest BCUT2D eigenvalue weighted by Gasteiger charge is 1.98. The number of hydrogen-bond donors (Lipinski definition) is 1. The molecule has 0 aliphatic rings. The lowest BCUT2D eigenvalue weighted by atomic mass is 10.1. The molecule has 20 heavy (non-hydrogen) atoms. The summed E-state index contributed by atoms with van der Waals surface area (Å²) in [4.78, 5) is 11.6. The van der Waals surface area contributed by atoms with Gasteiger partial charge in [-0.05, 0) is 18.9 Å². The summed E-state index contributed by atoms with van der Waals surface area (Å²) in [5, 5.41) is 3.97. The standard InChI is InChI=1S/C17H26N2O/c1-3-4-5-6-7-8-9-17(20)19-18-14-16-12-10-15(2)11-13-16/h10-14H,3-9H2,1-2H3,(H,19,20). The minimum Gasteiger partial charge on any atom is -0.273 e. The molecule has 0 aliphatic heterocycles. The Balaban J connectivity index is 2.12. The molecule has 0 heterocycles. The Bertz CT molecular complexity index is 410. The Hall–Kier alpha value is -1.64. The molecule has 1 amide bonds. The van der Waals surface area contributed by atoms with Gasteiger partial charge in [-0.2, -0.15) is 5.10 Å². The lowest BCUT2D eigenvalue weighted by Gasteiger charge is -2.01. The van der Waals surface area contributed by atoms with Crippen molar-refractivity contribution in [2.24, 2.45) is 5.10 Å². The van der Waals surface area contributed by atoms with Crippen LogP contribution in [-0.2, 0) is 4.79 Å². The third-order valence-electron chi connectivity index (χ3n) is 3.24. The van der Waals surface area contributed by atoms with Gasteiger partial charge in [0, 0.05) is 6.42 Å². The monoisotopic (exact) mass is 274 g/mol. The normalized spacial score (nSPS) is 10.9. The third kappa shape index (κ3) is 7.72. The van der Waals surface area contributed by atoms with Gasteiger partial charge in [0.25, 0.3) is 0 Å². The van der Waals surface area contributed by atoms with Crippen molar-refractivity contribution in [3.8, 4) is 0 Å².